The standard InChI is InChI=1S/C7H7Br2NO3/c1-3(13-2)10-6(11)4(8)5(9)7(10)12/h3H,1-2H3. The molecular weight excluding hydrogens is 306 g/mol. The second-order valence-corrected chi connectivity index (χ2v) is 4.03. The molecule has 0 aromatic carbocycles. The number of hydrogen-bond donors (Lipinski definition) is 0. The van der Waals surface area contributed by atoms with Gasteiger partial charge in [0.05, 0.1) is 0 Å². The van der Waals surface area contributed by atoms with E-state index in [0.29, 0.717) is 0 Å². The first-order chi connectivity index (χ1) is 6.00. The highest BCUT2D eigenvalue weighted by atomic mass is 79.9. The van der Waals surface area contributed by atoms with E-state index in [9.17, 15) is 9.59 Å². The molecule has 1 aliphatic heterocycles. The van der Waals surface area contributed by atoms with Gasteiger partial charge in [-0.05, 0) is 38.8 Å². The summed E-state index contributed by atoms with van der Waals surface area (Å²) in [5, 5.41) is 0. The molecule has 1 aliphatic rings. The molecule has 4 nitrogen and oxygen atoms in total. The van der Waals surface area contributed by atoms with Crippen LogP contribution in [0.15, 0.2) is 8.96 Å². The highest BCUT2D eigenvalue weighted by molar-refractivity contribution is 9.14. The Morgan fingerprint density at radius 3 is 1.92 bits per heavy atom. The van der Waals surface area contributed by atoms with E-state index in [2.05, 4.69) is 31.9 Å². The molecule has 2 amide bonds. The summed E-state index contributed by atoms with van der Waals surface area (Å²) in [6.07, 6.45) is -0.553. The largest absolute Gasteiger partial charge is 0.361 e. The van der Waals surface area contributed by atoms with Gasteiger partial charge >= 0.3 is 0 Å². The number of nitrogens with zero attached hydrogens (tertiary/aromatic N) is 1. The van der Waals surface area contributed by atoms with Crippen LogP contribution in [0.2, 0.25) is 0 Å². The van der Waals surface area contributed by atoms with Crippen molar-refractivity contribution in [3.8, 4) is 0 Å². The van der Waals surface area contributed by atoms with E-state index in [1.807, 2.05) is 0 Å². The summed E-state index contributed by atoms with van der Waals surface area (Å²) < 4.78 is 5.36. The topological polar surface area (TPSA) is 46.6 Å². The molecular formula is C7H7Br2NO3. The normalized spacial score (nSPS) is 20.2. The van der Waals surface area contributed by atoms with E-state index in [1.54, 1.807) is 6.92 Å². The second-order valence-electron chi connectivity index (χ2n) is 2.44. The van der Waals surface area contributed by atoms with Crippen molar-refractivity contribution >= 4 is 43.7 Å². The van der Waals surface area contributed by atoms with Gasteiger partial charge in [0.1, 0.15) is 15.2 Å². The molecule has 13 heavy (non-hydrogen) atoms. The smallest absolute Gasteiger partial charge is 0.271 e. The van der Waals surface area contributed by atoms with Gasteiger partial charge in [0.2, 0.25) is 0 Å². The van der Waals surface area contributed by atoms with Gasteiger partial charge in [0.15, 0.2) is 0 Å². The molecule has 0 N–H and O–H groups in total. The number of hydrogen-bond acceptors (Lipinski definition) is 3. The fourth-order valence-corrected chi connectivity index (χ4v) is 1.65. The Balaban J connectivity index is 2.97. The monoisotopic (exact) mass is 311 g/mol. The Labute approximate surface area is 92.2 Å². The molecule has 0 fully saturated rings. The van der Waals surface area contributed by atoms with Gasteiger partial charge in [-0.1, -0.05) is 0 Å². The number of rotatable bonds is 2. The van der Waals surface area contributed by atoms with Crippen molar-refractivity contribution in [1.82, 2.24) is 4.90 Å². The third-order valence-corrected chi connectivity index (χ3v) is 3.71. The third kappa shape index (κ3) is 1.70. The summed E-state index contributed by atoms with van der Waals surface area (Å²) >= 11 is 6.03. The first-order valence-corrected chi connectivity index (χ1v) is 5.05. The molecule has 1 rings (SSSR count). The van der Waals surface area contributed by atoms with Crippen LogP contribution in [0.1, 0.15) is 6.92 Å². The molecule has 1 atom stereocenters. The predicted molar refractivity (Wildman–Crippen MR) is 53.2 cm³/mol. The SMILES string of the molecule is COC(C)N1C(=O)C(Br)=C(Br)C1=O. The van der Waals surface area contributed by atoms with E-state index in [-0.39, 0.29) is 20.8 Å². The average molecular weight is 313 g/mol. The van der Waals surface area contributed by atoms with E-state index >= 15 is 0 Å². The van der Waals surface area contributed by atoms with Crippen LogP contribution in [0.25, 0.3) is 0 Å². The summed E-state index contributed by atoms with van der Waals surface area (Å²) in [5.74, 6) is -0.766. The lowest BCUT2D eigenvalue weighted by Gasteiger charge is -2.20. The van der Waals surface area contributed by atoms with E-state index < -0.39 is 6.23 Å². The number of amides is 2. The second kappa shape index (κ2) is 3.89. The molecule has 1 unspecified atom stereocenters. The van der Waals surface area contributed by atoms with Crippen LogP contribution in [0.3, 0.4) is 0 Å². The first-order valence-electron chi connectivity index (χ1n) is 3.46. The number of imide groups is 1. The molecule has 0 aliphatic carbocycles. The molecule has 6 heteroatoms. The lowest BCUT2D eigenvalue weighted by atomic mass is 10.5. The fraction of sp³-hybridized carbons (Fsp3) is 0.429. The minimum Gasteiger partial charge on any atom is -0.361 e. The van der Waals surface area contributed by atoms with E-state index in [1.165, 1.54) is 7.11 Å². The number of carbonyl (C=O) groups is 2. The van der Waals surface area contributed by atoms with Gasteiger partial charge in [-0.15, -0.1) is 0 Å². The average Bonchev–Trinajstić information content (AvgIpc) is 2.30. The van der Waals surface area contributed by atoms with Crippen LogP contribution in [0, 0.1) is 0 Å². The predicted octanol–water partition coefficient (Wildman–Crippen LogP) is 1.35. The minimum absolute atomic E-state index is 0.237. The van der Waals surface area contributed by atoms with Crippen LogP contribution < -0.4 is 0 Å². The maximum absolute atomic E-state index is 11.4. The minimum atomic E-state index is -0.553. The molecule has 0 spiro atoms. The van der Waals surface area contributed by atoms with Crippen LogP contribution in [-0.4, -0.2) is 30.1 Å². The van der Waals surface area contributed by atoms with E-state index in [4.69, 9.17) is 4.74 Å². The Bertz CT molecular complexity index is 276. The first kappa shape index (κ1) is 10.9. The Morgan fingerprint density at radius 2 is 1.62 bits per heavy atom. The summed E-state index contributed by atoms with van der Waals surface area (Å²) in [6, 6.07) is 0. The summed E-state index contributed by atoms with van der Waals surface area (Å²) in [6.45, 7) is 1.63. The number of halogens is 2. The highest BCUT2D eigenvalue weighted by Crippen LogP contribution is 2.30. The molecule has 0 saturated carbocycles. The van der Waals surface area contributed by atoms with Gasteiger partial charge < -0.3 is 4.74 Å². The maximum atomic E-state index is 11.4. The summed E-state index contributed by atoms with van der Waals surface area (Å²) in [5.41, 5.74) is 0. The van der Waals surface area contributed by atoms with Crippen LogP contribution in [-0.2, 0) is 14.3 Å². The Kier molecular flexibility index (Phi) is 3.26. The number of methoxy groups -OCH3 is 1. The van der Waals surface area contributed by atoms with Gasteiger partial charge in [0, 0.05) is 7.11 Å². The van der Waals surface area contributed by atoms with Crippen molar-refractivity contribution in [2.45, 2.75) is 13.2 Å². The molecule has 0 radical (unpaired) electrons. The molecule has 1 heterocycles. The number of carbonyl (C=O) groups excluding carboxylic acids is 2. The Hall–Kier alpha value is -0.200. The van der Waals surface area contributed by atoms with Crippen molar-refractivity contribution in [2.75, 3.05) is 7.11 Å². The van der Waals surface area contributed by atoms with Crippen LogP contribution in [0.5, 0.6) is 0 Å². The van der Waals surface area contributed by atoms with Crippen molar-refractivity contribution in [3.63, 3.8) is 0 Å². The number of ether oxygens (including phenoxy) is 1. The zero-order valence-corrected chi connectivity index (χ0v) is 10.2. The highest BCUT2D eigenvalue weighted by Gasteiger charge is 2.38. The summed E-state index contributed by atoms with van der Waals surface area (Å²) in [7, 11) is 1.44. The van der Waals surface area contributed by atoms with Crippen molar-refractivity contribution < 1.29 is 14.3 Å². The van der Waals surface area contributed by atoms with Gasteiger partial charge in [-0.2, -0.15) is 0 Å². The quantitative estimate of drug-likeness (QED) is 0.723. The molecule has 0 aromatic heterocycles. The van der Waals surface area contributed by atoms with E-state index in [0.717, 1.165) is 4.90 Å². The molecule has 0 aromatic rings. The van der Waals surface area contributed by atoms with Gasteiger partial charge in [0.25, 0.3) is 11.8 Å². The zero-order valence-electron chi connectivity index (χ0n) is 7.01. The fourth-order valence-electron chi connectivity index (χ4n) is 0.927. The van der Waals surface area contributed by atoms with Crippen molar-refractivity contribution in [2.24, 2.45) is 0 Å². The zero-order chi connectivity index (χ0) is 10.2. The van der Waals surface area contributed by atoms with Crippen molar-refractivity contribution in [3.05, 3.63) is 8.96 Å². The lowest BCUT2D eigenvalue weighted by Crippen LogP contribution is -2.39. The third-order valence-electron chi connectivity index (χ3n) is 1.71. The van der Waals surface area contributed by atoms with Crippen LogP contribution >= 0.6 is 31.9 Å². The lowest BCUT2D eigenvalue weighted by molar-refractivity contribution is -0.148. The van der Waals surface area contributed by atoms with Gasteiger partial charge in [-0.25, -0.2) is 4.90 Å². The van der Waals surface area contributed by atoms with Crippen molar-refractivity contribution in [1.29, 1.82) is 0 Å². The maximum Gasteiger partial charge on any atom is 0.271 e. The van der Waals surface area contributed by atoms with Gasteiger partial charge in [-0.3, -0.25) is 9.59 Å². The Morgan fingerprint density at radius 1 is 1.23 bits per heavy atom. The summed E-state index contributed by atoms with van der Waals surface area (Å²) in [4.78, 5) is 23.9. The molecule has 72 valence electrons. The molecule has 0 bridgehead atoms. The van der Waals surface area contributed by atoms with Crippen LogP contribution in [0.4, 0.5) is 0 Å². The molecule has 0 saturated heterocycles.